The first-order valence-corrected chi connectivity index (χ1v) is 8.69. The Hall–Kier alpha value is -1.64. The summed E-state index contributed by atoms with van der Waals surface area (Å²) in [7, 11) is 0. The zero-order valence-electron chi connectivity index (χ0n) is 13.2. The molecule has 3 rings (SSSR count). The molecule has 1 aliphatic heterocycles. The number of carbonyl (C=O) groups is 2. The summed E-state index contributed by atoms with van der Waals surface area (Å²) in [6, 6.07) is 7.78. The number of amides is 1. The van der Waals surface area contributed by atoms with Gasteiger partial charge in [0, 0.05) is 18.7 Å². The summed E-state index contributed by atoms with van der Waals surface area (Å²) in [6.45, 7) is 1.45. The molecule has 2 aliphatic rings. The van der Waals surface area contributed by atoms with Crippen molar-refractivity contribution in [1.82, 2.24) is 4.90 Å². The average Bonchev–Trinajstić information content (AvgIpc) is 2.62. The van der Waals surface area contributed by atoms with Gasteiger partial charge in [-0.2, -0.15) is 0 Å². The summed E-state index contributed by atoms with van der Waals surface area (Å²) >= 11 is 0. The van der Waals surface area contributed by atoms with Gasteiger partial charge in [0.1, 0.15) is 0 Å². The van der Waals surface area contributed by atoms with Gasteiger partial charge in [-0.15, -0.1) is 0 Å². The molecule has 1 heterocycles. The van der Waals surface area contributed by atoms with Crippen molar-refractivity contribution in [3.05, 3.63) is 35.4 Å². The Bertz CT molecular complexity index is 523. The van der Waals surface area contributed by atoms with Crippen LogP contribution in [0.1, 0.15) is 73.2 Å². The second-order valence-corrected chi connectivity index (χ2v) is 6.64. The summed E-state index contributed by atoms with van der Waals surface area (Å²) in [5.74, 6) is -0.0436. The minimum absolute atomic E-state index is 0.329. The van der Waals surface area contributed by atoms with Crippen LogP contribution in [0.4, 0.5) is 0 Å². The highest BCUT2D eigenvalue weighted by Gasteiger charge is 2.24. The molecule has 1 saturated carbocycles. The second-order valence-electron chi connectivity index (χ2n) is 6.64. The molecule has 0 radical (unpaired) electrons. The summed E-state index contributed by atoms with van der Waals surface area (Å²) < 4.78 is 0. The third-order valence-corrected chi connectivity index (χ3v) is 5.09. The first-order valence-electron chi connectivity index (χ1n) is 8.69. The van der Waals surface area contributed by atoms with Crippen molar-refractivity contribution in [3.63, 3.8) is 0 Å². The van der Waals surface area contributed by atoms with Crippen LogP contribution in [0.25, 0.3) is 0 Å². The zero-order valence-corrected chi connectivity index (χ0v) is 13.2. The molecule has 0 bridgehead atoms. The number of piperidine rings is 1. The molecule has 1 saturated heterocycles. The Morgan fingerprint density at radius 3 is 2.05 bits per heavy atom. The van der Waals surface area contributed by atoms with Crippen molar-refractivity contribution < 1.29 is 9.59 Å². The Kier molecular flexibility index (Phi) is 4.91. The molecule has 0 spiro atoms. The maximum Gasteiger partial charge on any atom is 0.294 e. The van der Waals surface area contributed by atoms with Gasteiger partial charge in [0.2, 0.25) is 5.78 Å². The van der Waals surface area contributed by atoms with Crippen LogP contribution in [0.15, 0.2) is 24.3 Å². The number of hydrogen-bond acceptors (Lipinski definition) is 2. The highest BCUT2D eigenvalue weighted by molar-refractivity contribution is 6.42. The maximum absolute atomic E-state index is 12.3. The van der Waals surface area contributed by atoms with Gasteiger partial charge in [-0.25, -0.2) is 0 Å². The Balaban J connectivity index is 1.66. The van der Waals surface area contributed by atoms with Crippen LogP contribution in [0, 0.1) is 0 Å². The molecule has 0 atom stereocenters. The van der Waals surface area contributed by atoms with E-state index in [4.69, 9.17) is 0 Å². The number of Topliss-reactive ketones (excluding diaryl/α,β-unsaturated/α-hetero) is 1. The Morgan fingerprint density at radius 2 is 1.41 bits per heavy atom. The van der Waals surface area contributed by atoms with Crippen LogP contribution < -0.4 is 0 Å². The molecular weight excluding hydrogens is 274 g/mol. The normalized spacial score (nSPS) is 19.9. The van der Waals surface area contributed by atoms with Crippen LogP contribution in [-0.4, -0.2) is 29.7 Å². The SMILES string of the molecule is O=C(C(=O)N1CCCCC1)c1ccc(C2CCCCC2)cc1. The highest BCUT2D eigenvalue weighted by Crippen LogP contribution is 2.32. The molecule has 22 heavy (non-hydrogen) atoms. The lowest BCUT2D eigenvalue weighted by molar-refractivity contribution is -0.127. The van der Waals surface area contributed by atoms with Crippen molar-refractivity contribution in [2.24, 2.45) is 0 Å². The largest absolute Gasteiger partial charge is 0.336 e. The second kappa shape index (κ2) is 7.08. The molecule has 2 fully saturated rings. The molecule has 1 aliphatic carbocycles. The van der Waals surface area contributed by atoms with Gasteiger partial charge < -0.3 is 4.90 Å². The van der Waals surface area contributed by atoms with E-state index in [2.05, 4.69) is 0 Å². The van der Waals surface area contributed by atoms with Gasteiger partial charge in [-0.3, -0.25) is 9.59 Å². The lowest BCUT2D eigenvalue weighted by atomic mass is 9.84. The van der Waals surface area contributed by atoms with E-state index in [-0.39, 0.29) is 11.7 Å². The fraction of sp³-hybridized carbons (Fsp3) is 0.579. The Labute approximate surface area is 132 Å². The first-order chi connectivity index (χ1) is 10.8. The summed E-state index contributed by atoms with van der Waals surface area (Å²) in [5.41, 5.74) is 1.86. The number of hydrogen-bond donors (Lipinski definition) is 0. The van der Waals surface area contributed by atoms with Crippen LogP contribution in [-0.2, 0) is 4.79 Å². The minimum Gasteiger partial charge on any atom is -0.336 e. The van der Waals surface area contributed by atoms with Crippen molar-refractivity contribution in [2.75, 3.05) is 13.1 Å². The topological polar surface area (TPSA) is 37.4 Å². The third-order valence-electron chi connectivity index (χ3n) is 5.09. The van der Waals surface area contributed by atoms with Gasteiger partial charge in [0.25, 0.3) is 5.91 Å². The van der Waals surface area contributed by atoms with Gasteiger partial charge in [0.05, 0.1) is 0 Å². The quantitative estimate of drug-likeness (QED) is 0.626. The predicted molar refractivity (Wildman–Crippen MR) is 87.0 cm³/mol. The van der Waals surface area contributed by atoms with Crippen LogP contribution >= 0.6 is 0 Å². The molecular formula is C19H25NO2. The van der Waals surface area contributed by atoms with E-state index >= 15 is 0 Å². The van der Waals surface area contributed by atoms with E-state index in [9.17, 15) is 9.59 Å². The summed E-state index contributed by atoms with van der Waals surface area (Å²) in [6.07, 6.45) is 9.64. The van der Waals surface area contributed by atoms with Crippen LogP contribution in [0.3, 0.4) is 0 Å². The molecule has 0 unspecified atom stereocenters. The molecule has 3 nitrogen and oxygen atoms in total. The average molecular weight is 299 g/mol. The monoisotopic (exact) mass is 299 g/mol. The number of likely N-dealkylation sites (tertiary alicyclic amines) is 1. The van der Waals surface area contributed by atoms with E-state index in [1.54, 1.807) is 4.90 Å². The zero-order chi connectivity index (χ0) is 15.4. The number of carbonyl (C=O) groups excluding carboxylic acids is 2. The van der Waals surface area contributed by atoms with E-state index in [1.165, 1.54) is 37.7 Å². The van der Waals surface area contributed by atoms with E-state index in [0.717, 1.165) is 32.4 Å². The lowest BCUT2D eigenvalue weighted by Crippen LogP contribution is -2.40. The van der Waals surface area contributed by atoms with Crippen LogP contribution in [0.2, 0.25) is 0 Å². The number of ketones is 1. The Morgan fingerprint density at radius 1 is 0.818 bits per heavy atom. The van der Waals surface area contributed by atoms with Gasteiger partial charge in [-0.1, -0.05) is 43.5 Å². The number of benzene rings is 1. The molecule has 1 amide bonds. The number of rotatable bonds is 3. The van der Waals surface area contributed by atoms with Gasteiger partial charge in [-0.05, 0) is 43.6 Å². The molecule has 0 N–H and O–H groups in total. The molecule has 0 aromatic heterocycles. The van der Waals surface area contributed by atoms with Gasteiger partial charge in [0.15, 0.2) is 0 Å². The van der Waals surface area contributed by atoms with Crippen molar-refractivity contribution >= 4 is 11.7 Å². The predicted octanol–water partition coefficient (Wildman–Crippen LogP) is 3.93. The summed E-state index contributed by atoms with van der Waals surface area (Å²) in [5, 5.41) is 0. The maximum atomic E-state index is 12.3. The summed E-state index contributed by atoms with van der Waals surface area (Å²) in [4.78, 5) is 26.3. The van der Waals surface area contributed by atoms with Crippen molar-refractivity contribution in [1.29, 1.82) is 0 Å². The number of nitrogens with zero attached hydrogens (tertiary/aromatic N) is 1. The fourth-order valence-corrected chi connectivity index (χ4v) is 3.71. The fourth-order valence-electron chi connectivity index (χ4n) is 3.71. The molecule has 118 valence electrons. The van der Waals surface area contributed by atoms with Crippen molar-refractivity contribution in [3.8, 4) is 0 Å². The molecule has 1 aromatic rings. The van der Waals surface area contributed by atoms with Crippen molar-refractivity contribution in [2.45, 2.75) is 57.3 Å². The van der Waals surface area contributed by atoms with Gasteiger partial charge >= 0.3 is 0 Å². The smallest absolute Gasteiger partial charge is 0.294 e. The lowest BCUT2D eigenvalue weighted by Gasteiger charge is -2.26. The molecule has 3 heteroatoms. The van der Waals surface area contributed by atoms with E-state index in [1.807, 2.05) is 24.3 Å². The minimum atomic E-state index is -0.350. The standard InChI is InChI=1S/C19H25NO2/c21-18(19(22)20-13-5-2-6-14-20)17-11-9-16(10-12-17)15-7-3-1-4-8-15/h9-12,15H,1-8,13-14H2. The highest BCUT2D eigenvalue weighted by atomic mass is 16.2. The van der Waals surface area contributed by atoms with E-state index < -0.39 is 0 Å². The van der Waals surface area contributed by atoms with E-state index in [0.29, 0.717) is 11.5 Å². The van der Waals surface area contributed by atoms with Crippen LogP contribution in [0.5, 0.6) is 0 Å². The third kappa shape index (κ3) is 3.40. The first kappa shape index (κ1) is 15.3. The molecule has 1 aromatic carbocycles.